The van der Waals surface area contributed by atoms with Crippen molar-refractivity contribution < 1.29 is 14.6 Å². The highest BCUT2D eigenvalue weighted by molar-refractivity contribution is 6.27. The topological polar surface area (TPSA) is 49.7 Å². The second-order valence-corrected chi connectivity index (χ2v) is 3.67. The van der Waals surface area contributed by atoms with Crippen LogP contribution >= 0.6 is 0 Å². The summed E-state index contributed by atoms with van der Waals surface area (Å²) in [4.78, 5) is 8.77. The molecule has 0 radical (unpaired) electrons. The molecule has 2 atom stereocenters. The lowest BCUT2D eigenvalue weighted by molar-refractivity contribution is 0.0245. The smallest absolute Gasteiger partial charge is 0.185 e. The molecule has 0 aromatic rings. The first-order valence-electron chi connectivity index (χ1n) is 3.61. The van der Waals surface area contributed by atoms with Gasteiger partial charge in [-0.3, -0.25) is 0 Å². The van der Waals surface area contributed by atoms with E-state index in [0.717, 1.165) is 6.42 Å². The summed E-state index contributed by atoms with van der Waals surface area (Å²) in [6.45, 7) is 3.98. The van der Waals surface area contributed by atoms with Gasteiger partial charge in [0, 0.05) is 0 Å². The number of hydrogen-bond acceptors (Lipinski definition) is 3. The molecule has 0 aromatic heterocycles. The second kappa shape index (κ2) is 5.85. The minimum atomic E-state index is -1.05. The average molecular weight is 164 g/mol. The van der Waals surface area contributed by atoms with Gasteiger partial charge in [-0.05, 0) is 13.3 Å². The van der Waals surface area contributed by atoms with Crippen LogP contribution in [0.3, 0.4) is 0 Å². The normalized spacial score (nSPS) is 18.0. The highest BCUT2D eigenvalue weighted by atomic mass is 28.2. The Kier molecular flexibility index (Phi) is 5.91. The van der Waals surface area contributed by atoms with Crippen molar-refractivity contribution in [3.63, 3.8) is 0 Å². The zero-order valence-electron chi connectivity index (χ0n) is 6.58. The number of rotatable bonds is 5. The molecule has 0 saturated carbocycles. The fourth-order valence-electron chi connectivity index (χ4n) is 0.575. The van der Waals surface area contributed by atoms with Crippen molar-refractivity contribution in [3.8, 4) is 0 Å². The lowest BCUT2D eigenvalue weighted by atomic mass is 10.4. The van der Waals surface area contributed by atoms with Gasteiger partial charge in [-0.2, -0.15) is 0 Å². The summed E-state index contributed by atoms with van der Waals surface area (Å²) in [7, 11) is -1.05. The first-order valence-corrected chi connectivity index (χ1v) is 5.06. The van der Waals surface area contributed by atoms with Crippen LogP contribution in [0.1, 0.15) is 20.3 Å². The quantitative estimate of drug-likeness (QED) is 0.523. The number of aliphatic hydroxyl groups is 1. The first kappa shape index (κ1) is 10.1. The van der Waals surface area contributed by atoms with Crippen molar-refractivity contribution >= 4 is 9.76 Å². The lowest BCUT2D eigenvalue weighted by Crippen LogP contribution is -2.24. The van der Waals surface area contributed by atoms with Crippen LogP contribution in [0.15, 0.2) is 0 Å². The van der Waals surface area contributed by atoms with E-state index in [2.05, 4.69) is 0 Å². The molecule has 0 fully saturated rings. The predicted octanol–water partition coefficient (Wildman–Crippen LogP) is -0.804. The first-order chi connectivity index (χ1) is 4.70. The van der Waals surface area contributed by atoms with Crippen molar-refractivity contribution in [2.45, 2.75) is 32.1 Å². The largest absolute Gasteiger partial charge is 0.436 e. The van der Waals surface area contributed by atoms with E-state index in [1.54, 1.807) is 6.92 Å². The van der Waals surface area contributed by atoms with E-state index < -0.39 is 15.9 Å². The maximum atomic E-state index is 8.80. The Morgan fingerprint density at radius 3 is 2.50 bits per heavy atom. The Morgan fingerprint density at radius 1 is 1.60 bits per heavy atom. The maximum absolute atomic E-state index is 8.80. The van der Waals surface area contributed by atoms with Crippen molar-refractivity contribution in [1.82, 2.24) is 0 Å². The molecule has 2 unspecified atom stereocenters. The molecule has 0 spiro atoms. The molecular weight excluding hydrogens is 148 g/mol. The summed E-state index contributed by atoms with van der Waals surface area (Å²) < 4.78 is 5.16. The fraction of sp³-hybridized carbons (Fsp3) is 1.00. The van der Waals surface area contributed by atoms with Crippen molar-refractivity contribution in [2.75, 3.05) is 6.61 Å². The summed E-state index contributed by atoms with van der Waals surface area (Å²) in [6.07, 6.45) is 0.421. The summed E-state index contributed by atoms with van der Waals surface area (Å²) in [5, 5.41) is 8.80. The minimum absolute atomic E-state index is 0.0228. The van der Waals surface area contributed by atoms with E-state index in [0.29, 0.717) is 6.61 Å². The molecule has 0 aliphatic rings. The number of hydrogen-bond donors (Lipinski definition) is 2. The summed E-state index contributed by atoms with van der Waals surface area (Å²) in [5.74, 6) is 0. The molecule has 10 heavy (non-hydrogen) atoms. The monoisotopic (exact) mass is 164 g/mol. The van der Waals surface area contributed by atoms with Gasteiger partial charge in [0.15, 0.2) is 9.76 Å². The highest BCUT2D eigenvalue weighted by Crippen LogP contribution is 1.95. The Morgan fingerprint density at radius 2 is 2.20 bits per heavy atom. The molecule has 0 bridgehead atoms. The third kappa shape index (κ3) is 4.93. The van der Waals surface area contributed by atoms with Crippen LogP contribution in [0.2, 0.25) is 0 Å². The van der Waals surface area contributed by atoms with E-state index in [-0.39, 0.29) is 5.73 Å². The Balaban J connectivity index is 3.26. The van der Waals surface area contributed by atoms with Gasteiger partial charge in [0.25, 0.3) is 0 Å². The van der Waals surface area contributed by atoms with Crippen LogP contribution in [0.4, 0.5) is 0 Å². The lowest BCUT2D eigenvalue weighted by Gasteiger charge is -2.13. The van der Waals surface area contributed by atoms with Gasteiger partial charge in [-0.15, -0.1) is 0 Å². The number of aliphatic hydroxyl groups excluding tert-OH is 1. The van der Waals surface area contributed by atoms with Crippen LogP contribution in [-0.4, -0.2) is 38.1 Å². The van der Waals surface area contributed by atoms with Crippen molar-refractivity contribution in [1.29, 1.82) is 0 Å². The van der Waals surface area contributed by atoms with E-state index in [1.165, 1.54) is 0 Å². The molecule has 0 rings (SSSR count). The zero-order chi connectivity index (χ0) is 7.98. The molecule has 2 N–H and O–H groups in total. The summed E-state index contributed by atoms with van der Waals surface area (Å²) in [6, 6.07) is 0. The molecule has 0 aliphatic carbocycles. The molecule has 0 amide bonds. The summed E-state index contributed by atoms with van der Waals surface area (Å²) >= 11 is 0. The van der Waals surface area contributed by atoms with Crippen LogP contribution in [-0.2, 0) is 4.74 Å². The van der Waals surface area contributed by atoms with E-state index in [1.807, 2.05) is 6.92 Å². The molecule has 0 aliphatic heterocycles. The SMILES string of the molecule is CCC(OCC(C)O)[SiH2]O. The molecular formula is C6H16O3Si. The van der Waals surface area contributed by atoms with Gasteiger partial charge in [0.2, 0.25) is 0 Å². The van der Waals surface area contributed by atoms with Crippen LogP contribution in [0, 0.1) is 0 Å². The number of ether oxygens (including phenoxy) is 1. The van der Waals surface area contributed by atoms with E-state index >= 15 is 0 Å². The predicted molar refractivity (Wildman–Crippen MR) is 42.5 cm³/mol. The van der Waals surface area contributed by atoms with Crippen molar-refractivity contribution in [2.24, 2.45) is 0 Å². The molecule has 0 saturated heterocycles. The van der Waals surface area contributed by atoms with E-state index in [9.17, 15) is 0 Å². The highest BCUT2D eigenvalue weighted by Gasteiger charge is 2.06. The van der Waals surface area contributed by atoms with Gasteiger partial charge in [0.1, 0.15) is 0 Å². The zero-order valence-corrected chi connectivity index (χ0v) is 7.99. The van der Waals surface area contributed by atoms with E-state index in [4.69, 9.17) is 14.6 Å². The standard InChI is InChI=1S/C6H16O3Si/c1-3-6(10-8)9-4-5(2)7/h5-8H,3-4,10H2,1-2H3. The van der Waals surface area contributed by atoms with Gasteiger partial charge in [-0.25, -0.2) is 0 Å². The van der Waals surface area contributed by atoms with Crippen LogP contribution in [0.5, 0.6) is 0 Å². The summed E-state index contributed by atoms with van der Waals surface area (Å²) in [5.41, 5.74) is 0.0228. The van der Waals surface area contributed by atoms with Crippen LogP contribution < -0.4 is 0 Å². The van der Waals surface area contributed by atoms with Gasteiger partial charge in [-0.1, -0.05) is 6.92 Å². The maximum Gasteiger partial charge on any atom is 0.185 e. The third-order valence-corrected chi connectivity index (χ3v) is 2.45. The minimum Gasteiger partial charge on any atom is -0.436 e. The van der Waals surface area contributed by atoms with Gasteiger partial charge >= 0.3 is 0 Å². The Hall–Kier alpha value is 0.0969. The second-order valence-electron chi connectivity index (χ2n) is 2.40. The van der Waals surface area contributed by atoms with Crippen molar-refractivity contribution in [3.05, 3.63) is 0 Å². The average Bonchev–Trinajstić information content (AvgIpc) is 1.90. The molecule has 0 aromatic carbocycles. The Bertz CT molecular complexity index is 73.4. The molecule has 62 valence electrons. The van der Waals surface area contributed by atoms with Gasteiger partial charge < -0.3 is 14.6 Å². The van der Waals surface area contributed by atoms with Crippen LogP contribution in [0.25, 0.3) is 0 Å². The van der Waals surface area contributed by atoms with Gasteiger partial charge in [0.05, 0.1) is 18.4 Å². The Labute approximate surface area is 64.0 Å². The molecule has 0 heterocycles. The molecule has 4 heteroatoms. The molecule has 3 nitrogen and oxygen atoms in total. The fourth-order valence-corrected chi connectivity index (χ4v) is 1.07. The third-order valence-electron chi connectivity index (χ3n) is 1.23.